The average molecular weight is 349 g/mol. The van der Waals surface area contributed by atoms with E-state index in [1.807, 2.05) is 0 Å². The van der Waals surface area contributed by atoms with Crippen molar-refractivity contribution in [2.45, 2.75) is 30.8 Å². The third kappa shape index (κ3) is 4.10. The molecule has 1 heterocycles. The van der Waals surface area contributed by atoms with E-state index in [1.165, 1.54) is 6.07 Å². The number of carbonyl (C=O) groups excluding carboxylic acids is 1. The first kappa shape index (κ1) is 17.5. The summed E-state index contributed by atoms with van der Waals surface area (Å²) in [4.78, 5) is 12.0. The Morgan fingerprint density at radius 1 is 1.50 bits per heavy atom. The summed E-state index contributed by atoms with van der Waals surface area (Å²) in [6.07, 6.45) is 1.12. The summed E-state index contributed by atoms with van der Waals surface area (Å²) in [7, 11) is 0. The number of morpholine rings is 1. The number of carbonyl (C=O) groups is 1. The zero-order valence-corrected chi connectivity index (χ0v) is 13.6. The topological polar surface area (TPSA) is 50.4 Å². The van der Waals surface area contributed by atoms with Gasteiger partial charge >= 0.3 is 0 Å². The van der Waals surface area contributed by atoms with Crippen LogP contribution in [0.2, 0.25) is 5.02 Å². The number of ether oxygens (including phenoxy) is 1. The first-order valence-electron chi connectivity index (χ1n) is 7.19. The van der Waals surface area contributed by atoms with Crippen molar-refractivity contribution >= 4 is 29.9 Å². The molecule has 1 aliphatic heterocycles. The van der Waals surface area contributed by atoms with Gasteiger partial charge < -0.3 is 15.4 Å². The van der Waals surface area contributed by atoms with Crippen LogP contribution in [0.1, 0.15) is 24.3 Å². The molecule has 3 unspecified atom stereocenters. The fraction of sp³-hybridized carbons (Fsp3) is 0.533. The van der Waals surface area contributed by atoms with Gasteiger partial charge in [0.1, 0.15) is 5.82 Å². The number of hydrogen-bond donors (Lipinski definition) is 2. The number of nitrogens with one attached hydrogen (secondary N) is 2. The molecule has 0 aromatic heterocycles. The summed E-state index contributed by atoms with van der Waals surface area (Å²) in [6, 6.07) is 4.72. The summed E-state index contributed by atoms with van der Waals surface area (Å²) in [6.45, 7) is 2.02. The standard InChI is InChI=1S/C15H18ClFN2O2.ClH/c16-11-2-1-3-12(17)15(11)10-7-13(10)19-14(20)6-9-8-21-5-4-18-9;/h1-3,9-10,13,18H,4-8H2,(H,19,20);1H. The van der Waals surface area contributed by atoms with Crippen LogP contribution in [-0.2, 0) is 9.53 Å². The molecule has 7 heteroatoms. The maximum atomic E-state index is 13.8. The van der Waals surface area contributed by atoms with Crippen molar-refractivity contribution in [1.82, 2.24) is 10.6 Å². The lowest BCUT2D eigenvalue weighted by Gasteiger charge is -2.23. The fourth-order valence-electron chi connectivity index (χ4n) is 2.78. The van der Waals surface area contributed by atoms with Crippen molar-refractivity contribution in [1.29, 1.82) is 0 Å². The SMILES string of the molecule is Cl.O=C(CC1COCCN1)NC1CC1c1c(F)cccc1Cl. The van der Waals surface area contributed by atoms with E-state index in [2.05, 4.69) is 10.6 Å². The molecular weight excluding hydrogens is 330 g/mol. The van der Waals surface area contributed by atoms with Gasteiger partial charge in [0.15, 0.2) is 0 Å². The van der Waals surface area contributed by atoms with Crippen LogP contribution in [0.5, 0.6) is 0 Å². The molecule has 1 saturated carbocycles. The van der Waals surface area contributed by atoms with E-state index >= 15 is 0 Å². The Hall–Kier alpha value is -0.880. The highest BCUT2D eigenvalue weighted by Gasteiger charge is 2.42. The molecule has 0 radical (unpaired) electrons. The number of hydrogen-bond acceptors (Lipinski definition) is 3. The number of amides is 1. The Morgan fingerprint density at radius 3 is 3.00 bits per heavy atom. The third-order valence-corrected chi connectivity index (χ3v) is 4.27. The molecule has 3 rings (SSSR count). The van der Waals surface area contributed by atoms with Gasteiger partial charge in [0.2, 0.25) is 5.91 Å². The highest BCUT2D eigenvalue weighted by Crippen LogP contribution is 2.44. The Balaban J connectivity index is 0.00000176. The number of halogens is 3. The minimum atomic E-state index is -0.299. The number of rotatable bonds is 4. The predicted octanol–water partition coefficient (Wildman–Crippen LogP) is 2.25. The molecule has 1 saturated heterocycles. The van der Waals surface area contributed by atoms with Gasteiger partial charge in [-0.15, -0.1) is 12.4 Å². The van der Waals surface area contributed by atoms with Crippen LogP contribution in [0, 0.1) is 5.82 Å². The summed E-state index contributed by atoms with van der Waals surface area (Å²) in [5.41, 5.74) is 0.517. The highest BCUT2D eigenvalue weighted by molar-refractivity contribution is 6.31. The summed E-state index contributed by atoms with van der Waals surface area (Å²) < 4.78 is 19.1. The van der Waals surface area contributed by atoms with Crippen LogP contribution in [0.3, 0.4) is 0 Å². The lowest BCUT2D eigenvalue weighted by molar-refractivity contribution is -0.122. The van der Waals surface area contributed by atoms with Gasteiger partial charge in [-0.3, -0.25) is 4.79 Å². The molecular formula is C15H19Cl2FN2O2. The van der Waals surface area contributed by atoms with Crippen LogP contribution in [0.4, 0.5) is 4.39 Å². The van der Waals surface area contributed by atoms with Crippen LogP contribution in [0.15, 0.2) is 18.2 Å². The van der Waals surface area contributed by atoms with Gasteiger partial charge in [-0.2, -0.15) is 0 Å². The van der Waals surface area contributed by atoms with Crippen LogP contribution >= 0.6 is 24.0 Å². The maximum absolute atomic E-state index is 13.8. The Bertz CT molecular complexity index is 518. The monoisotopic (exact) mass is 348 g/mol. The van der Waals surface area contributed by atoms with Gasteiger partial charge in [-0.1, -0.05) is 17.7 Å². The van der Waals surface area contributed by atoms with Crippen LogP contribution in [0.25, 0.3) is 0 Å². The van der Waals surface area contributed by atoms with Crippen molar-refractivity contribution in [3.8, 4) is 0 Å². The van der Waals surface area contributed by atoms with Gasteiger partial charge in [0, 0.05) is 41.6 Å². The summed E-state index contributed by atoms with van der Waals surface area (Å²) in [5.74, 6) is -0.345. The largest absolute Gasteiger partial charge is 0.378 e. The second kappa shape index (κ2) is 7.59. The van der Waals surface area contributed by atoms with E-state index in [-0.39, 0.29) is 42.1 Å². The van der Waals surface area contributed by atoms with E-state index in [9.17, 15) is 9.18 Å². The van der Waals surface area contributed by atoms with Gasteiger partial charge in [0.05, 0.1) is 13.2 Å². The molecule has 0 bridgehead atoms. The fourth-order valence-corrected chi connectivity index (χ4v) is 3.08. The van der Waals surface area contributed by atoms with Crippen LogP contribution < -0.4 is 10.6 Å². The molecule has 4 nitrogen and oxygen atoms in total. The van der Waals surface area contributed by atoms with Crippen LogP contribution in [-0.4, -0.2) is 37.7 Å². The van der Waals surface area contributed by atoms with E-state index in [4.69, 9.17) is 16.3 Å². The smallest absolute Gasteiger partial charge is 0.221 e. The Kier molecular flexibility index (Phi) is 6.03. The van der Waals surface area contributed by atoms with Crippen molar-refractivity contribution in [3.05, 3.63) is 34.6 Å². The molecule has 2 aliphatic rings. The molecule has 0 spiro atoms. The molecule has 1 aliphatic carbocycles. The molecule has 2 fully saturated rings. The minimum Gasteiger partial charge on any atom is -0.378 e. The lowest BCUT2D eigenvalue weighted by Crippen LogP contribution is -2.44. The Labute approximate surface area is 140 Å². The molecule has 2 N–H and O–H groups in total. The van der Waals surface area contributed by atoms with Crippen molar-refractivity contribution < 1.29 is 13.9 Å². The molecule has 3 atom stereocenters. The van der Waals surface area contributed by atoms with E-state index in [1.54, 1.807) is 12.1 Å². The van der Waals surface area contributed by atoms with Crippen molar-refractivity contribution in [2.24, 2.45) is 0 Å². The second-order valence-corrected chi connectivity index (χ2v) is 5.99. The van der Waals surface area contributed by atoms with E-state index < -0.39 is 0 Å². The van der Waals surface area contributed by atoms with Gasteiger partial charge in [0.25, 0.3) is 0 Å². The van der Waals surface area contributed by atoms with Crippen molar-refractivity contribution in [3.63, 3.8) is 0 Å². The molecule has 1 aromatic carbocycles. The molecule has 122 valence electrons. The molecule has 1 aromatic rings. The normalized spacial score (nSPS) is 26.9. The van der Waals surface area contributed by atoms with E-state index in [0.717, 1.165) is 13.0 Å². The van der Waals surface area contributed by atoms with E-state index in [0.29, 0.717) is 30.2 Å². The first-order valence-corrected chi connectivity index (χ1v) is 7.57. The second-order valence-electron chi connectivity index (χ2n) is 5.58. The predicted molar refractivity (Wildman–Crippen MR) is 85.2 cm³/mol. The first-order chi connectivity index (χ1) is 10.1. The molecule has 22 heavy (non-hydrogen) atoms. The lowest BCUT2D eigenvalue weighted by atomic mass is 10.1. The zero-order chi connectivity index (χ0) is 14.8. The van der Waals surface area contributed by atoms with Gasteiger partial charge in [-0.05, 0) is 18.6 Å². The highest BCUT2D eigenvalue weighted by atomic mass is 35.5. The minimum absolute atomic E-state index is 0. The third-order valence-electron chi connectivity index (χ3n) is 3.94. The zero-order valence-electron chi connectivity index (χ0n) is 12.0. The molecule has 1 amide bonds. The maximum Gasteiger partial charge on any atom is 0.221 e. The quantitative estimate of drug-likeness (QED) is 0.877. The number of benzene rings is 1. The summed E-state index contributed by atoms with van der Waals surface area (Å²) in [5, 5.41) is 6.61. The average Bonchev–Trinajstić information content (AvgIpc) is 3.18. The summed E-state index contributed by atoms with van der Waals surface area (Å²) >= 11 is 6.04. The Morgan fingerprint density at radius 2 is 2.32 bits per heavy atom. The van der Waals surface area contributed by atoms with Crippen molar-refractivity contribution in [2.75, 3.05) is 19.8 Å². The van der Waals surface area contributed by atoms with Gasteiger partial charge in [-0.25, -0.2) is 4.39 Å².